The van der Waals surface area contributed by atoms with E-state index in [-0.39, 0.29) is 0 Å². The first-order chi connectivity index (χ1) is 8.24. The lowest BCUT2D eigenvalue weighted by Gasteiger charge is -2.20. The molecule has 17 heavy (non-hydrogen) atoms. The van der Waals surface area contributed by atoms with Crippen LogP contribution in [0.1, 0.15) is 12.0 Å². The van der Waals surface area contributed by atoms with Crippen molar-refractivity contribution < 1.29 is 4.74 Å². The average molecular weight is 234 g/mol. The predicted octanol–water partition coefficient (Wildman–Crippen LogP) is 2.05. The van der Waals surface area contributed by atoms with E-state index in [1.165, 1.54) is 17.7 Å². The van der Waals surface area contributed by atoms with Gasteiger partial charge in [0.15, 0.2) is 0 Å². The summed E-state index contributed by atoms with van der Waals surface area (Å²) in [5.74, 6) is 1.75. The van der Waals surface area contributed by atoms with Crippen LogP contribution in [0, 0.1) is 12.8 Å². The number of nitrogens with one attached hydrogen (secondary N) is 1. The predicted molar refractivity (Wildman–Crippen MR) is 72.0 cm³/mol. The van der Waals surface area contributed by atoms with Gasteiger partial charge in [0.05, 0.1) is 7.11 Å². The highest BCUT2D eigenvalue weighted by Gasteiger charge is 2.22. The molecule has 0 radical (unpaired) electrons. The molecule has 0 aliphatic carbocycles. The van der Waals surface area contributed by atoms with Gasteiger partial charge in [-0.2, -0.15) is 0 Å². The highest BCUT2D eigenvalue weighted by Crippen LogP contribution is 2.28. The van der Waals surface area contributed by atoms with E-state index in [9.17, 15) is 0 Å². The zero-order valence-electron chi connectivity index (χ0n) is 11.0. The lowest BCUT2D eigenvalue weighted by molar-refractivity contribution is 0.411. The summed E-state index contributed by atoms with van der Waals surface area (Å²) in [5.41, 5.74) is 2.53. The maximum atomic E-state index is 5.29. The van der Waals surface area contributed by atoms with E-state index in [0.29, 0.717) is 0 Å². The van der Waals surface area contributed by atoms with Gasteiger partial charge in [-0.3, -0.25) is 0 Å². The quantitative estimate of drug-likeness (QED) is 0.863. The van der Waals surface area contributed by atoms with Gasteiger partial charge in [-0.05, 0) is 56.6 Å². The molecule has 1 aromatic rings. The van der Waals surface area contributed by atoms with Gasteiger partial charge in [0, 0.05) is 18.8 Å². The molecular formula is C14H22N2O. The van der Waals surface area contributed by atoms with E-state index in [2.05, 4.69) is 35.3 Å². The number of methoxy groups -OCH3 is 1. The molecule has 1 heterocycles. The number of benzene rings is 1. The highest BCUT2D eigenvalue weighted by atomic mass is 16.5. The molecule has 1 N–H and O–H groups in total. The van der Waals surface area contributed by atoms with Crippen molar-refractivity contribution in [1.82, 2.24) is 5.32 Å². The maximum absolute atomic E-state index is 5.29. The fraction of sp³-hybridized carbons (Fsp3) is 0.571. The zero-order chi connectivity index (χ0) is 12.3. The molecule has 1 aliphatic heterocycles. The van der Waals surface area contributed by atoms with Gasteiger partial charge in [0.1, 0.15) is 5.75 Å². The Balaban J connectivity index is 2.06. The van der Waals surface area contributed by atoms with Gasteiger partial charge in [-0.1, -0.05) is 0 Å². The van der Waals surface area contributed by atoms with Crippen LogP contribution >= 0.6 is 0 Å². The van der Waals surface area contributed by atoms with Crippen LogP contribution in [0.25, 0.3) is 0 Å². The Morgan fingerprint density at radius 3 is 2.94 bits per heavy atom. The number of ether oxygens (including phenoxy) is 1. The first-order valence-electron chi connectivity index (χ1n) is 6.28. The van der Waals surface area contributed by atoms with Gasteiger partial charge in [0.2, 0.25) is 0 Å². The van der Waals surface area contributed by atoms with Gasteiger partial charge in [-0.15, -0.1) is 0 Å². The minimum absolute atomic E-state index is 0.780. The SMILES string of the molecule is CNCC1CCN(c2ccc(OC)c(C)c2)C1. The molecule has 1 aromatic carbocycles. The van der Waals surface area contributed by atoms with Crippen molar-refractivity contribution in [3.05, 3.63) is 23.8 Å². The van der Waals surface area contributed by atoms with Crippen molar-refractivity contribution in [3.8, 4) is 5.75 Å². The minimum atomic E-state index is 0.780. The molecule has 3 nitrogen and oxygen atoms in total. The van der Waals surface area contributed by atoms with Crippen molar-refractivity contribution in [2.75, 3.05) is 38.7 Å². The van der Waals surface area contributed by atoms with E-state index in [0.717, 1.165) is 31.3 Å². The van der Waals surface area contributed by atoms with Crippen LogP contribution in [0.2, 0.25) is 0 Å². The molecule has 1 unspecified atom stereocenters. The van der Waals surface area contributed by atoms with Gasteiger partial charge in [-0.25, -0.2) is 0 Å². The Bertz CT molecular complexity index is 378. The molecule has 1 fully saturated rings. The summed E-state index contributed by atoms with van der Waals surface area (Å²) in [6.45, 7) is 5.54. The maximum Gasteiger partial charge on any atom is 0.121 e. The summed E-state index contributed by atoms with van der Waals surface area (Å²) < 4.78 is 5.29. The van der Waals surface area contributed by atoms with E-state index >= 15 is 0 Å². The minimum Gasteiger partial charge on any atom is -0.496 e. The second-order valence-electron chi connectivity index (χ2n) is 4.81. The van der Waals surface area contributed by atoms with Gasteiger partial charge >= 0.3 is 0 Å². The van der Waals surface area contributed by atoms with Crippen molar-refractivity contribution >= 4 is 5.69 Å². The van der Waals surface area contributed by atoms with Crippen LogP contribution in [0.3, 0.4) is 0 Å². The largest absolute Gasteiger partial charge is 0.496 e. The lowest BCUT2D eigenvalue weighted by Crippen LogP contribution is -2.24. The summed E-state index contributed by atoms with van der Waals surface area (Å²) in [6.07, 6.45) is 1.28. The van der Waals surface area contributed by atoms with Crippen LogP contribution in [-0.4, -0.2) is 33.8 Å². The van der Waals surface area contributed by atoms with Crippen LogP contribution in [0.4, 0.5) is 5.69 Å². The average Bonchev–Trinajstić information content (AvgIpc) is 2.78. The third-order valence-electron chi connectivity index (χ3n) is 3.52. The standard InChI is InChI=1S/C14H22N2O/c1-11-8-13(4-5-14(11)17-3)16-7-6-12(10-16)9-15-2/h4-5,8,12,15H,6-7,9-10H2,1-3H3. The molecule has 0 saturated carbocycles. The number of rotatable bonds is 4. The Kier molecular flexibility index (Phi) is 3.89. The van der Waals surface area contributed by atoms with E-state index < -0.39 is 0 Å². The number of hydrogen-bond acceptors (Lipinski definition) is 3. The summed E-state index contributed by atoms with van der Waals surface area (Å²) in [4.78, 5) is 2.47. The van der Waals surface area contributed by atoms with E-state index in [1.807, 2.05) is 7.05 Å². The first kappa shape index (κ1) is 12.2. The summed E-state index contributed by atoms with van der Waals surface area (Å²) >= 11 is 0. The molecule has 1 saturated heterocycles. The van der Waals surface area contributed by atoms with Crippen LogP contribution < -0.4 is 15.0 Å². The monoisotopic (exact) mass is 234 g/mol. The molecule has 0 bridgehead atoms. The second-order valence-corrected chi connectivity index (χ2v) is 4.81. The number of nitrogens with zero attached hydrogens (tertiary/aromatic N) is 1. The fourth-order valence-corrected chi connectivity index (χ4v) is 2.58. The molecule has 1 aliphatic rings. The van der Waals surface area contributed by atoms with Gasteiger partial charge < -0.3 is 15.0 Å². The summed E-state index contributed by atoms with van der Waals surface area (Å²) in [6, 6.07) is 6.45. The summed E-state index contributed by atoms with van der Waals surface area (Å²) in [7, 11) is 3.75. The normalized spacial score (nSPS) is 19.7. The Morgan fingerprint density at radius 2 is 2.29 bits per heavy atom. The van der Waals surface area contributed by atoms with Crippen molar-refractivity contribution in [3.63, 3.8) is 0 Å². The molecular weight excluding hydrogens is 212 g/mol. The molecule has 3 heteroatoms. The number of aryl methyl sites for hydroxylation is 1. The molecule has 1 atom stereocenters. The second kappa shape index (κ2) is 5.41. The Labute approximate surface area is 104 Å². The van der Waals surface area contributed by atoms with Crippen LogP contribution in [-0.2, 0) is 0 Å². The van der Waals surface area contributed by atoms with Crippen molar-refractivity contribution in [2.45, 2.75) is 13.3 Å². The van der Waals surface area contributed by atoms with Crippen molar-refractivity contribution in [1.29, 1.82) is 0 Å². The molecule has 0 amide bonds. The Hall–Kier alpha value is -1.22. The van der Waals surface area contributed by atoms with E-state index in [1.54, 1.807) is 7.11 Å². The third kappa shape index (κ3) is 2.72. The first-order valence-corrected chi connectivity index (χ1v) is 6.28. The number of anilines is 1. The van der Waals surface area contributed by atoms with E-state index in [4.69, 9.17) is 4.74 Å². The smallest absolute Gasteiger partial charge is 0.121 e. The summed E-state index contributed by atoms with van der Waals surface area (Å²) in [5, 5.41) is 3.26. The Morgan fingerprint density at radius 1 is 1.47 bits per heavy atom. The number of hydrogen-bond donors (Lipinski definition) is 1. The highest BCUT2D eigenvalue weighted by molar-refractivity contribution is 5.53. The zero-order valence-corrected chi connectivity index (χ0v) is 11.0. The molecule has 0 aromatic heterocycles. The van der Waals surface area contributed by atoms with Crippen LogP contribution in [0.5, 0.6) is 5.75 Å². The van der Waals surface area contributed by atoms with Gasteiger partial charge in [0.25, 0.3) is 0 Å². The van der Waals surface area contributed by atoms with Crippen molar-refractivity contribution in [2.24, 2.45) is 5.92 Å². The van der Waals surface area contributed by atoms with Crippen LogP contribution in [0.15, 0.2) is 18.2 Å². The topological polar surface area (TPSA) is 24.5 Å². The third-order valence-corrected chi connectivity index (χ3v) is 3.52. The molecule has 0 spiro atoms. The molecule has 94 valence electrons. The molecule has 2 rings (SSSR count). The lowest BCUT2D eigenvalue weighted by atomic mass is 10.1. The fourth-order valence-electron chi connectivity index (χ4n) is 2.58.